The smallest absolute Gasteiger partial charge is 0.296 e. The van der Waals surface area contributed by atoms with Crippen molar-refractivity contribution in [3.8, 4) is 5.75 Å². The Morgan fingerprint density at radius 2 is 2.08 bits per heavy atom. The molecule has 0 atom stereocenters. The van der Waals surface area contributed by atoms with E-state index in [9.17, 15) is 13.6 Å². The van der Waals surface area contributed by atoms with Crippen molar-refractivity contribution in [1.82, 2.24) is 4.98 Å². The average molecular weight is 334 g/mol. The van der Waals surface area contributed by atoms with Crippen molar-refractivity contribution in [2.45, 2.75) is 31.6 Å². The second-order valence-electron chi connectivity index (χ2n) is 5.97. The number of benzene rings is 1. The van der Waals surface area contributed by atoms with Crippen molar-refractivity contribution < 1.29 is 22.7 Å². The van der Waals surface area contributed by atoms with Crippen molar-refractivity contribution in [1.29, 1.82) is 0 Å². The van der Waals surface area contributed by atoms with E-state index in [1.54, 1.807) is 24.3 Å². The van der Waals surface area contributed by atoms with Gasteiger partial charge < -0.3 is 14.1 Å². The number of ether oxygens (including phenoxy) is 1. The van der Waals surface area contributed by atoms with E-state index in [0.717, 1.165) is 12.8 Å². The minimum Gasteiger partial charge on any atom is -0.491 e. The van der Waals surface area contributed by atoms with Crippen molar-refractivity contribution in [2.75, 3.05) is 18.1 Å². The van der Waals surface area contributed by atoms with E-state index in [1.807, 2.05) is 0 Å². The fourth-order valence-corrected chi connectivity index (χ4v) is 2.82. The molecule has 1 amide bonds. The molecule has 1 aromatic heterocycles. The summed E-state index contributed by atoms with van der Waals surface area (Å²) < 4.78 is 37.7. The van der Waals surface area contributed by atoms with Crippen LogP contribution in [-0.4, -0.2) is 24.0 Å². The number of nitrogens with zero attached hydrogens (tertiary/aromatic N) is 2. The Morgan fingerprint density at radius 3 is 2.83 bits per heavy atom. The summed E-state index contributed by atoms with van der Waals surface area (Å²) in [5.41, 5.74) is -0.00543. The Morgan fingerprint density at radius 1 is 1.29 bits per heavy atom. The largest absolute Gasteiger partial charge is 0.491 e. The Labute approximate surface area is 137 Å². The SMILES string of the molecule is O=C(c1oc(C2CC2)nc1C(F)F)N1CCCOc2ccccc21. The van der Waals surface area contributed by atoms with Gasteiger partial charge in [0.15, 0.2) is 11.6 Å². The number of alkyl halides is 2. The molecule has 4 rings (SSSR count). The molecular formula is C17H16F2N2O3. The van der Waals surface area contributed by atoms with Crippen molar-refractivity contribution in [2.24, 2.45) is 0 Å². The zero-order valence-electron chi connectivity index (χ0n) is 12.9. The fourth-order valence-electron chi connectivity index (χ4n) is 2.82. The topological polar surface area (TPSA) is 55.6 Å². The number of oxazole rings is 1. The molecule has 2 heterocycles. The van der Waals surface area contributed by atoms with Gasteiger partial charge in [-0.2, -0.15) is 0 Å². The molecule has 0 unspecified atom stereocenters. The second-order valence-corrected chi connectivity index (χ2v) is 5.97. The molecule has 5 nitrogen and oxygen atoms in total. The van der Waals surface area contributed by atoms with Crippen LogP contribution in [0.5, 0.6) is 5.75 Å². The molecule has 2 aromatic rings. The van der Waals surface area contributed by atoms with Crippen LogP contribution < -0.4 is 9.64 Å². The van der Waals surface area contributed by atoms with Gasteiger partial charge in [0.05, 0.1) is 12.3 Å². The van der Waals surface area contributed by atoms with Gasteiger partial charge in [-0.15, -0.1) is 0 Å². The van der Waals surface area contributed by atoms with E-state index in [4.69, 9.17) is 9.15 Å². The van der Waals surface area contributed by atoms with Crippen molar-refractivity contribution in [3.05, 3.63) is 41.6 Å². The third kappa shape index (κ3) is 2.64. The summed E-state index contributed by atoms with van der Waals surface area (Å²) >= 11 is 0. The lowest BCUT2D eigenvalue weighted by atomic mass is 10.2. The normalized spacial score (nSPS) is 17.4. The highest BCUT2D eigenvalue weighted by Crippen LogP contribution is 2.42. The first-order valence-corrected chi connectivity index (χ1v) is 7.97. The average Bonchev–Trinajstić information content (AvgIpc) is 3.36. The summed E-state index contributed by atoms with van der Waals surface area (Å²) in [6.45, 7) is 0.838. The molecule has 126 valence electrons. The number of hydrogen-bond donors (Lipinski definition) is 0. The summed E-state index contributed by atoms with van der Waals surface area (Å²) in [4.78, 5) is 18.2. The maximum absolute atomic E-state index is 13.3. The summed E-state index contributed by atoms with van der Waals surface area (Å²) in [7, 11) is 0. The van der Waals surface area contributed by atoms with Gasteiger partial charge in [-0.1, -0.05) is 12.1 Å². The molecule has 7 heteroatoms. The third-order valence-corrected chi connectivity index (χ3v) is 4.18. The van der Waals surface area contributed by atoms with Crippen molar-refractivity contribution in [3.63, 3.8) is 0 Å². The molecule has 1 saturated carbocycles. The van der Waals surface area contributed by atoms with Gasteiger partial charge in [0.25, 0.3) is 12.3 Å². The molecule has 1 fully saturated rings. The lowest BCUT2D eigenvalue weighted by Crippen LogP contribution is -2.32. The van der Waals surface area contributed by atoms with Crippen LogP contribution >= 0.6 is 0 Å². The standard InChI is InChI=1S/C17H16F2N2O3/c18-15(19)13-14(24-16(20-13)10-6-7-10)17(22)21-8-3-9-23-12-5-2-1-4-11(12)21/h1-2,4-5,10,15H,3,6-9H2. The lowest BCUT2D eigenvalue weighted by molar-refractivity contribution is 0.0939. The van der Waals surface area contributed by atoms with E-state index in [2.05, 4.69) is 4.98 Å². The molecule has 1 aliphatic carbocycles. The van der Waals surface area contributed by atoms with Crippen LogP contribution in [0.25, 0.3) is 0 Å². The summed E-state index contributed by atoms with van der Waals surface area (Å²) in [5.74, 6) is -0.0908. The van der Waals surface area contributed by atoms with Gasteiger partial charge in [-0.25, -0.2) is 13.8 Å². The van der Waals surface area contributed by atoms with Crippen LogP contribution in [0.4, 0.5) is 14.5 Å². The van der Waals surface area contributed by atoms with Gasteiger partial charge in [-0.05, 0) is 31.4 Å². The summed E-state index contributed by atoms with van der Waals surface area (Å²) in [5, 5.41) is 0. The maximum Gasteiger partial charge on any atom is 0.296 e. The Balaban J connectivity index is 1.73. The first kappa shape index (κ1) is 15.1. The minimum atomic E-state index is -2.85. The van der Waals surface area contributed by atoms with Crippen LogP contribution in [0.2, 0.25) is 0 Å². The molecule has 24 heavy (non-hydrogen) atoms. The predicted molar refractivity (Wildman–Crippen MR) is 81.7 cm³/mol. The molecule has 0 bridgehead atoms. The molecule has 0 N–H and O–H groups in total. The van der Waals surface area contributed by atoms with E-state index >= 15 is 0 Å². The molecule has 2 aliphatic rings. The van der Waals surface area contributed by atoms with Crippen LogP contribution in [0.1, 0.15) is 53.7 Å². The minimum absolute atomic E-state index is 0.0591. The second kappa shape index (κ2) is 5.89. The predicted octanol–water partition coefficient (Wildman–Crippen LogP) is 3.92. The highest BCUT2D eigenvalue weighted by molar-refractivity contribution is 6.05. The summed E-state index contributed by atoms with van der Waals surface area (Å²) in [6, 6.07) is 7.07. The van der Waals surface area contributed by atoms with Crippen LogP contribution in [0, 0.1) is 0 Å². The Bertz CT molecular complexity index is 771. The third-order valence-electron chi connectivity index (χ3n) is 4.18. The van der Waals surface area contributed by atoms with Gasteiger partial charge in [-0.3, -0.25) is 4.79 Å². The first-order chi connectivity index (χ1) is 11.6. The van der Waals surface area contributed by atoms with E-state index < -0.39 is 18.0 Å². The molecule has 1 aromatic carbocycles. The molecular weight excluding hydrogens is 318 g/mol. The van der Waals surface area contributed by atoms with Gasteiger partial charge in [0.2, 0.25) is 5.76 Å². The number of anilines is 1. The first-order valence-electron chi connectivity index (χ1n) is 7.97. The van der Waals surface area contributed by atoms with E-state index in [-0.39, 0.29) is 17.6 Å². The highest BCUT2D eigenvalue weighted by atomic mass is 19.3. The maximum atomic E-state index is 13.3. The van der Waals surface area contributed by atoms with E-state index in [1.165, 1.54) is 4.90 Å². The summed E-state index contributed by atoms with van der Waals surface area (Å²) in [6.07, 6.45) is -0.527. The number of fused-ring (bicyclic) bond motifs is 1. The monoisotopic (exact) mass is 334 g/mol. The number of aromatic nitrogens is 1. The molecule has 0 saturated heterocycles. The quantitative estimate of drug-likeness (QED) is 0.854. The lowest BCUT2D eigenvalue weighted by Gasteiger charge is -2.20. The zero-order chi connectivity index (χ0) is 16.7. The van der Waals surface area contributed by atoms with Crippen molar-refractivity contribution >= 4 is 11.6 Å². The van der Waals surface area contributed by atoms with E-state index in [0.29, 0.717) is 31.0 Å². The number of carbonyl (C=O) groups is 1. The van der Waals surface area contributed by atoms with Gasteiger partial charge in [0.1, 0.15) is 5.75 Å². The number of hydrogen-bond acceptors (Lipinski definition) is 4. The number of carbonyl (C=O) groups excluding carboxylic acids is 1. The highest BCUT2D eigenvalue weighted by Gasteiger charge is 2.36. The Kier molecular flexibility index (Phi) is 3.70. The number of amides is 1. The fraction of sp³-hybridized carbons (Fsp3) is 0.412. The molecule has 0 spiro atoms. The van der Waals surface area contributed by atoms with Crippen LogP contribution in [0.15, 0.2) is 28.7 Å². The van der Waals surface area contributed by atoms with Gasteiger partial charge in [0, 0.05) is 12.5 Å². The number of para-hydroxylation sites is 2. The van der Waals surface area contributed by atoms with Crippen LogP contribution in [0.3, 0.4) is 0 Å². The Hall–Kier alpha value is -2.44. The van der Waals surface area contributed by atoms with Crippen LogP contribution in [-0.2, 0) is 0 Å². The molecule has 0 radical (unpaired) electrons. The molecule has 1 aliphatic heterocycles. The number of halogens is 2. The van der Waals surface area contributed by atoms with Gasteiger partial charge >= 0.3 is 0 Å². The zero-order valence-corrected chi connectivity index (χ0v) is 12.9. The number of rotatable bonds is 3.